The summed E-state index contributed by atoms with van der Waals surface area (Å²) in [5.41, 5.74) is 7.35. The maximum Gasteiger partial charge on any atom is 0.230 e. The predicted molar refractivity (Wildman–Crippen MR) is 74.6 cm³/mol. The summed E-state index contributed by atoms with van der Waals surface area (Å²) >= 11 is 6.07. The fraction of sp³-hybridized carbons (Fsp3) is 0. The van der Waals surface area contributed by atoms with Crippen molar-refractivity contribution in [1.82, 2.24) is 10.1 Å². The average molecular weight is 290 g/mol. The molecule has 2 heterocycles. The molecule has 0 unspecified atom stereocenters. The van der Waals surface area contributed by atoms with Gasteiger partial charge in [-0.25, -0.2) is 4.39 Å². The third-order valence-electron chi connectivity index (χ3n) is 2.87. The van der Waals surface area contributed by atoms with Crippen molar-refractivity contribution >= 4 is 17.5 Å². The van der Waals surface area contributed by atoms with E-state index in [0.717, 1.165) is 0 Å². The molecule has 3 rings (SSSR count). The predicted octanol–water partition coefficient (Wildman–Crippen LogP) is 3.78. The first kappa shape index (κ1) is 12.6. The normalized spacial score (nSPS) is 10.7. The minimum atomic E-state index is -0.488. The van der Waals surface area contributed by atoms with Gasteiger partial charge in [-0.2, -0.15) is 0 Å². The molecule has 0 aliphatic carbocycles. The fourth-order valence-corrected chi connectivity index (χ4v) is 2.24. The summed E-state index contributed by atoms with van der Waals surface area (Å²) in [6, 6.07) is 7.93. The standard InChI is InChI=1S/C14H9ClFN3O/c15-9-4-1-5-10(16)11(9)12-13(19-20-14(12)17)8-3-2-6-18-7-8/h1-7H,17H2. The smallest absolute Gasteiger partial charge is 0.230 e. The zero-order chi connectivity index (χ0) is 14.1. The number of rotatable bonds is 2. The van der Waals surface area contributed by atoms with E-state index in [9.17, 15) is 4.39 Å². The number of aromatic nitrogens is 2. The van der Waals surface area contributed by atoms with Crippen molar-refractivity contribution in [3.05, 3.63) is 53.6 Å². The SMILES string of the molecule is Nc1onc(-c2cccnc2)c1-c1c(F)cccc1Cl. The monoisotopic (exact) mass is 289 g/mol. The van der Waals surface area contributed by atoms with E-state index >= 15 is 0 Å². The number of nitrogens with two attached hydrogens (primary N) is 1. The van der Waals surface area contributed by atoms with Gasteiger partial charge in [0, 0.05) is 23.5 Å². The second kappa shape index (κ2) is 4.94. The van der Waals surface area contributed by atoms with Gasteiger partial charge in [-0.3, -0.25) is 4.98 Å². The quantitative estimate of drug-likeness (QED) is 0.780. The van der Waals surface area contributed by atoms with E-state index in [2.05, 4.69) is 10.1 Å². The van der Waals surface area contributed by atoms with Crippen molar-refractivity contribution in [2.45, 2.75) is 0 Å². The molecular formula is C14H9ClFN3O. The van der Waals surface area contributed by atoms with Crippen LogP contribution in [0.5, 0.6) is 0 Å². The van der Waals surface area contributed by atoms with Crippen LogP contribution in [0.15, 0.2) is 47.2 Å². The van der Waals surface area contributed by atoms with Crippen LogP contribution in [0, 0.1) is 5.82 Å². The van der Waals surface area contributed by atoms with E-state index in [-0.39, 0.29) is 16.5 Å². The highest BCUT2D eigenvalue weighted by Gasteiger charge is 2.22. The zero-order valence-electron chi connectivity index (χ0n) is 10.2. The Morgan fingerprint density at radius 1 is 1.15 bits per heavy atom. The van der Waals surface area contributed by atoms with Gasteiger partial charge in [0.05, 0.1) is 10.6 Å². The molecule has 0 bridgehead atoms. The van der Waals surface area contributed by atoms with Crippen LogP contribution in [0.1, 0.15) is 0 Å². The van der Waals surface area contributed by atoms with Gasteiger partial charge in [0.2, 0.25) is 5.88 Å². The van der Waals surface area contributed by atoms with Crippen LogP contribution in [-0.4, -0.2) is 10.1 Å². The first-order valence-electron chi connectivity index (χ1n) is 5.78. The molecule has 0 aliphatic rings. The van der Waals surface area contributed by atoms with Crippen molar-refractivity contribution in [3.8, 4) is 22.4 Å². The number of anilines is 1. The number of nitrogens with zero attached hydrogens (tertiary/aromatic N) is 2. The zero-order valence-corrected chi connectivity index (χ0v) is 10.9. The Kier molecular flexibility index (Phi) is 3.12. The number of nitrogen functional groups attached to an aromatic ring is 1. The molecule has 2 N–H and O–H groups in total. The molecule has 3 aromatic rings. The first-order chi connectivity index (χ1) is 9.68. The number of pyridine rings is 1. The average Bonchev–Trinajstić information content (AvgIpc) is 2.82. The van der Waals surface area contributed by atoms with Crippen molar-refractivity contribution in [1.29, 1.82) is 0 Å². The summed E-state index contributed by atoms with van der Waals surface area (Å²) < 4.78 is 19.1. The molecule has 0 fully saturated rings. The lowest BCUT2D eigenvalue weighted by Crippen LogP contribution is -1.92. The molecular weight excluding hydrogens is 281 g/mol. The Balaban J connectivity index is 2.28. The first-order valence-corrected chi connectivity index (χ1v) is 6.16. The molecule has 0 spiro atoms. The molecule has 20 heavy (non-hydrogen) atoms. The van der Waals surface area contributed by atoms with Gasteiger partial charge in [0.25, 0.3) is 0 Å². The molecule has 0 saturated heterocycles. The van der Waals surface area contributed by atoms with Gasteiger partial charge < -0.3 is 10.3 Å². The summed E-state index contributed by atoms with van der Waals surface area (Å²) in [6.45, 7) is 0. The largest absolute Gasteiger partial charge is 0.367 e. The molecule has 4 nitrogen and oxygen atoms in total. The molecule has 6 heteroatoms. The highest BCUT2D eigenvalue weighted by Crippen LogP contribution is 2.40. The van der Waals surface area contributed by atoms with Gasteiger partial charge in [-0.1, -0.05) is 22.8 Å². The number of halogens is 2. The maximum absolute atomic E-state index is 14.1. The van der Waals surface area contributed by atoms with Crippen LogP contribution >= 0.6 is 11.6 Å². The minimum Gasteiger partial charge on any atom is -0.367 e. The molecule has 0 atom stereocenters. The van der Waals surface area contributed by atoms with Crippen LogP contribution < -0.4 is 5.73 Å². The Hall–Kier alpha value is -2.40. The molecule has 0 radical (unpaired) electrons. The Morgan fingerprint density at radius 3 is 2.70 bits per heavy atom. The molecule has 2 aromatic heterocycles. The summed E-state index contributed by atoms with van der Waals surface area (Å²) in [5, 5.41) is 4.12. The van der Waals surface area contributed by atoms with E-state index in [1.807, 2.05) is 0 Å². The highest BCUT2D eigenvalue weighted by molar-refractivity contribution is 6.33. The van der Waals surface area contributed by atoms with E-state index in [1.54, 1.807) is 30.6 Å². The second-order valence-electron chi connectivity index (χ2n) is 4.11. The summed E-state index contributed by atoms with van der Waals surface area (Å²) in [6.07, 6.45) is 3.22. The van der Waals surface area contributed by atoms with E-state index in [0.29, 0.717) is 16.8 Å². The fourth-order valence-electron chi connectivity index (χ4n) is 1.98. The van der Waals surface area contributed by atoms with E-state index < -0.39 is 5.82 Å². The van der Waals surface area contributed by atoms with Crippen molar-refractivity contribution in [3.63, 3.8) is 0 Å². The van der Waals surface area contributed by atoms with Crippen LogP contribution in [-0.2, 0) is 0 Å². The van der Waals surface area contributed by atoms with Crippen LogP contribution in [0.4, 0.5) is 10.3 Å². The van der Waals surface area contributed by atoms with Gasteiger partial charge in [-0.05, 0) is 24.3 Å². The highest BCUT2D eigenvalue weighted by atomic mass is 35.5. The van der Waals surface area contributed by atoms with E-state index in [4.69, 9.17) is 21.9 Å². The van der Waals surface area contributed by atoms with Crippen molar-refractivity contribution in [2.75, 3.05) is 5.73 Å². The third-order valence-corrected chi connectivity index (χ3v) is 3.18. The summed E-state index contributed by atoms with van der Waals surface area (Å²) in [7, 11) is 0. The van der Waals surface area contributed by atoms with Crippen molar-refractivity contribution in [2.24, 2.45) is 0 Å². The third kappa shape index (κ3) is 2.02. The number of benzene rings is 1. The van der Waals surface area contributed by atoms with Gasteiger partial charge in [-0.15, -0.1) is 0 Å². The lowest BCUT2D eigenvalue weighted by molar-refractivity contribution is 0.439. The molecule has 0 aliphatic heterocycles. The topological polar surface area (TPSA) is 64.9 Å². The Bertz CT molecular complexity index is 738. The lowest BCUT2D eigenvalue weighted by Gasteiger charge is -2.06. The minimum absolute atomic E-state index is 0.0100. The molecule has 100 valence electrons. The number of hydrogen-bond acceptors (Lipinski definition) is 4. The lowest BCUT2D eigenvalue weighted by atomic mass is 10.0. The van der Waals surface area contributed by atoms with Gasteiger partial charge in [0.15, 0.2) is 0 Å². The van der Waals surface area contributed by atoms with Crippen LogP contribution in [0.2, 0.25) is 5.02 Å². The van der Waals surface area contributed by atoms with Gasteiger partial charge >= 0.3 is 0 Å². The van der Waals surface area contributed by atoms with E-state index in [1.165, 1.54) is 12.1 Å². The van der Waals surface area contributed by atoms with Crippen molar-refractivity contribution < 1.29 is 8.91 Å². The Labute approximate surface area is 119 Å². The molecule has 0 amide bonds. The summed E-state index contributed by atoms with van der Waals surface area (Å²) in [4.78, 5) is 4.00. The molecule has 0 saturated carbocycles. The second-order valence-corrected chi connectivity index (χ2v) is 4.52. The number of hydrogen-bond donors (Lipinski definition) is 1. The Morgan fingerprint density at radius 2 is 2.00 bits per heavy atom. The van der Waals surface area contributed by atoms with Gasteiger partial charge in [0.1, 0.15) is 11.5 Å². The maximum atomic E-state index is 14.1. The summed E-state index contributed by atoms with van der Waals surface area (Å²) in [5.74, 6) is -0.478. The molecule has 1 aromatic carbocycles. The van der Waals surface area contributed by atoms with Crippen LogP contribution in [0.3, 0.4) is 0 Å². The van der Waals surface area contributed by atoms with Crippen LogP contribution in [0.25, 0.3) is 22.4 Å².